The van der Waals surface area contributed by atoms with Crippen molar-refractivity contribution in [3.05, 3.63) is 114 Å². The number of phenols is 2. The minimum absolute atomic E-state index is 0.0293. The van der Waals surface area contributed by atoms with Crippen molar-refractivity contribution in [1.82, 2.24) is 24.4 Å². The minimum Gasteiger partial charge on any atom is -0.508 e. The standard InChI is InChI=1S/C61H65N5O18/c1-6-36(80-20-19-77-28-35(69)13-16-52(71)83-60(9-4)45-23-49-54-41(26-65(49)56(73)43(45)30-81-58(60)75)37(7-2)39-21-33(67)11-14-47(39)63-54)29-78-17-18-79-32-51(70)62-25-53(72)84-61(10-5)46-24-50-55-42(27-66(50)57(74)44(46)31-82-59(61)76)38(8-3)40-22-34(68)12-15-48(40)64-55/h11-12,14-15,21-24,36,67-68H,6-10,13,16-20,25-32H2,1-5H3,(H,62,70)/t36?,60-,61-/m0/s1. The zero-order chi connectivity index (χ0) is 59.6. The summed E-state index contributed by atoms with van der Waals surface area (Å²) in [5.41, 5.74) is 2.81. The third-order valence-electron chi connectivity index (χ3n) is 16.0. The van der Waals surface area contributed by atoms with Crippen molar-refractivity contribution in [3.8, 4) is 34.3 Å². The molecule has 4 aliphatic rings. The molecule has 0 aliphatic carbocycles. The number of cyclic esters (lactones) is 2. The van der Waals surface area contributed by atoms with Gasteiger partial charge in [-0.15, -0.1) is 0 Å². The van der Waals surface area contributed by atoms with Crippen molar-refractivity contribution in [2.75, 3.05) is 52.8 Å². The third kappa shape index (κ3) is 10.9. The Labute approximate surface area is 481 Å². The molecule has 0 spiro atoms. The quantitative estimate of drug-likeness (QED) is 0.0380. The van der Waals surface area contributed by atoms with Crippen LogP contribution in [0.1, 0.15) is 111 Å². The molecule has 23 heteroatoms. The maximum atomic E-state index is 14.1. The summed E-state index contributed by atoms with van der Waals surface area (Å²) in [5.74, 6) is -4.30. The predicted molar refractivity (Wildman–Crippen MR) is 299 cm³/mol. The zero-order valence-electron chi connectivity index (χ0n) is 47.3. The van der Waals surface area contributed by atoms with E-state index in [0.717, 1.165) is 33.0 Å². The van der Waals surface area contributed by atoms with Crippen LogP contribution in [0.2, 0.25) is 0 Å². The number of phenolic OH excluding ortho intramolecular Hbond substituents is 2. The van der Waals surface area contributed by atoms with E-state index < -0.39 is 71.0 Å². The minimum atomic E-state index is -1.97. The number of benzene rings is 2. The molecule has 23 nitrogen and oxygen atoms in total. The van der Waals surface area contributed by atoms with Crippen molar-refractivity contribution in [2.24, 2.45) is 0 Å². The normalized spacial score (nSPS) is 17.5. The summed E-state index contributed by atoms with van der Waals surface area (Å²) < 4.78 is 48.2. The number of ether oxygens (including phenoxy) is 8. The first-order chi connectivity index (χ1) is 40.5. The lowest BCUT2D eigenvalue weighted by Gasteiger charge is -2.35. The molecule has 0 saturated carbocycles. The molecule has 0 fully saturated rings. The van der Waals surface area contributed by atoms with Crippen molar-refractivity contribution >= 4 is 57.4 Å². The molecule has 3 atom stereocenters. The van der Waals surface area contributed by atoms with E-state index in [-0.39, 0.29) is 131 Å². The molecule has 4 aromatic heterocycles. The van der Waals surface area contributed by atoms with E-state index >= 15 is 0 Å². The number of carbonyl (C=O) groups is 6. The number of fused-ring (bicyclic) bond motifs is 10. The van der Waals surface area contributed by atoms with E-state index in [1.54, 1.807) is 65.4 Å². The Hall–Kier alpha value is -8.38. The molecule has 1 unspecified atom stereocenters. The van der Waals surface area contributed by atoms with Gasteiger partial charge in [-0.3, -0.25) is 28.8 Å². The highest BCUT2D eigenvalue weighted by molar-refractivity contribution is 5.93. The summed E-state index contributed by atoms with van der Waals surface area (Å²) >= 11 is 0. The molecule has 1 amide bonds. The van der Waals surface area contributed by atoms with Gasteiger partial charge in [-0.2, -0.15) is 0 Å². The first kappa shape index (κ1) is 58.8. The Morgan fingerprint density at radius 3 is 1.64 bits per heavy atom. The monoisotopic (exact) mass is 1160 g/mol. The van der Waals surface area contributed by atoms with Crippen molar-refractivity contribution in [3.63, 3.8) is 0 Å². The molecule has 3 N–H and O–H groups in total. The molecule has 8 heterocycles. The Morgan fingerprint density at radius 2 is 1.13 bits per heavy atom. The lowest BCUT2D eigenvalue weighted by atomic mass is 9.85. The number of hydrogen-bond donors (Lipinski definition) is 3. The fraction of sp³-hybridized carbons (Fsp3) is 0.443. The molecule has 4 aliphatic heterocycles. The van der Waals surface area contributed by atoms with E-state index in [0.29, 0.717) is 53.1 Å². The molecular weight excluding hydrogens is 1090 g/mol. The van der Waals surface area contributed by atoms with Crippen LogP contribution in [0, 0.1) is 0 Å². The van der Waals surface area contributed by atoms with E-state index in [2.05, 4.69) is 5.32 Å². The van der Waals surface area contributed by atoms with Crippen molar-refractivity contribution < 1.29 is 76.9 Å². The van der Waals surface area contributed by atoms with Gasteiger partial charge >= 0.3 is 23.9 Å². The van der Waals surface area contributed by atoms with E-state index in [9.17, 15) is 48.6 Å². The Bertz CT molecular complexity index is 3800. The number of rotatable bonds is 25. The summed E-state index contributed by atoms with van der Waals surface area (Å²) in [6, 6.07) is 13.1. The van der Waals surface area contributed by atoms with Crippen LogP contribution in [-0.4, -0.2) is 124 Å². The molecule has 6 aromatic rings. The second-order valence-corrected chi connectivity index (χ2v) is 20.9. The van der Waals surface area contributed by atoms with Gasteiger partial charge < -0.3 is 62.6 Å². The van der Waals surface area contributed by atoms with Crippen LogP contribution in [0.15, 0.2) is 58.1 Å². The Kier molecular flexibility index (Phi) is 17.1. The second kappa shape index (κ2) is 24.4. The number of hydrogen-bond acceptors (Lipinski definition) is 20. The van der Waals surface area contributed by atoms with Gasteiger partial charge in [-0.05, 0) is 91.8 Å². The number of aryl methyl sites for hydroxylation is 2. The fourth-order valence-electron chi connectivity index (χ4n) is 11.7. The van der Waals surface area contributed by atoms with Crippen molar-refractivity contribution in [1.29, 1.82) is 0 Å². The number of amides is 1. The summed E-state index contributed by atoms with van der Waals surface area (Å²) in [7, 11) is 0. The lowest BCUT2D eigenvalue weighted by Crippen LogP contribution is -2.48. The number of pyridine rings is 4. The van der Waals surface area contributed by atoms with Gasteiger partial charge in [0.2, 0.25) is 17.1 Å². The average Bonchev–Trinajstić information content (AvgIpc) is 1.69. The molecule has 84 heavy (non-hydrogen) atoms. The summed E-state index contributed by atoms with van der Waals surface area (Å²) in [6.45, 7) is 8.13. The van der Waals surface area contributed by atoms with Crippen LogP contribution in [-0.2, 0) is 117 Å². The zero-order valence-corrected chi connectivity index (χ0v) is 47.3. The Morgan fingerprint density at radius 1 is 0.631 bits per heavy atom. The molecule has 2 aromatic carbocycles. The maximum absolute atomic E-state index is 14.1. The van der Waals surface area contributed by atoms with E-state index in [1.165, 1.54) is 6.07 Å². The van der Waals surface area contributed by atoms with Gasteiger partial charge in [-0.25, -0.2) is 19.6 Å². The molecular formula is C61H65N5O18. The summed E-state index contributed by atoms with van der Waals surface area (Å²) in [4.78, 5) is 117. The number of carbonyl (C=O) groups excluding carboxylic acids is 6. The smallest absolute Gasteiger partial charge is 0.355 e. The number of Topliss-reactive ketones (excluding diaryl/α,β-unsaturated/α-hetero) is 1. The number of aromatic nitrogens is 4. The molecule has 10 rings (SSSR count). The van der Waals surface area contributed by atoms with Gasteiger partial charge in [-0.1, -0.05) is 34.6 Å². The van der Waals surface area contributed by atoms with Gasteiger partial charge in [0.15, 0.2) is 5.78 Å². The van der Waals surface area contributed by atoms with Gasteiger partial charge in [0, 0.05) is 39.4 Å². The van der Waals surface area contributed by atoms with Crippen LogP contribution in [0.3, 0.4) is 0 Å². The lowest BCUT2D eigenvalue weighted by molar-refractivity contribution is -0.189. The van der Waals surface area contributed by atoms with E-state index in [1.807, 2.05) is 20.8 Å². The van der Waals surface area contributed by atoms with Crippen LogP contribution < -0.4 is 16.4 Å². The Balaban J connectivity index is 0.632. The first-order valence-electron chi connectivity index (χ1n) is 28.2. The van der Waals surface area contributed by atoms with Crippen LogP contribution in [0.25, 0.3) is 44.6 Å². The van der Waals surface area contributed by atoms with Crippen LogP contribution in [0.5, 0.6) is 11.5 Å². The average molecular weight is 1160 g/mol. The molecule has 442 valence electrons. The number of aromatic hydroxyl groups is 2. The third-order valence-corrected chi connectivity index (χ3v) is 16.0. The highest BCUT2D eigenvalue weighted by Crippen LogP contribution is 2.45. The first-order valence-corrected chi connectivity index (χ1v) is 28.2. The summed E-state index contributed by atoms with van der Waals surface area (Å²) in [5, 5.41) is 24.4. The predicted octanol–water partition coefficient (Wildman–Crippen LogP) is 5.12. The number of nitrogens with one attached hydrogen (secondary N) is 1. The van der Waals surface area contributed by atoms with Gasteiger partial charge in [0.1, 0.15) is 44.5 Å². The van der Waals surface area contributed by atoms with E-state index in [4.69, 9.17) is 47.9 Å². The number of esters is 4. The molecule has 0 saturated heterocycles. The fourth-order valence-corrected chi connectivity index (χ4v) is 11.7. The highest BCUT2D eigenvalue weighted by atomic mass is 16.6. The van der Waals surface area contributed by atoms with Crippen LogP contribution in [0.4, 0.5) is 0 Å². The van der Waals surface area contributed by atoms with Crippen LogP contribution >= 0.6 is 0 Å². The van der Waals surface area contributed by atoms with Gasteiger partial charge in [0.05, 0.1) is 104 Å². The van der Waals surface area contributed by atoms with Gasteiger partial charge in [0.25, 0.3) is 11.1 Å². The molecule has 0 radical (unpaired) electrons. The topological polar surface area (TPSA) is 299 Å². The highest BCUT2D eigenvalue weighted by Gasteiger charge is 2.52. The number of nitrogens with zero attached hydrogens (tertiary/aromatic N) is 4. The van der Waals surface area contributed by atoms with Crippen molar-refractivity contribution in [2.45, 2.75) is 123 Å². The maximum Gasteiger partial charge on any atom is 0.355 e. The largest absolute Gasteiger partial charge is 0.508 e. The molecule has 0 bridgehead atoms. The number of ketones is 1. The second-order valence-electron chi connectivity index (χ2n) is 20.9. The SMILES string of the molecule is CCc1c2c(nc3ccc(O)cc13)-c1cc3c(c(=O)n1C2)COC(=O)[C@@]3(CC)OC(=O)CCC(=O)COCCOC(CC)COCCOCC(=O)NCC(=O)O[C@]1(CC)C(=O)OCc2c1cc1n(c2=O)Cc2c-1nc1ccc(O)cc1c2CC. The summed E-state index contributed by atoms with van der Waals surface area (Å²) in [6.07, 6.45) is 0.752.